The van der Waals surface area contributed by atoms with Crippen molar-refractivity contribution >= 4 is 5.97 Å². The van der Waals surface area contributed by atoms with Gasteiger partial charge in [-0.05, 0) is 48.4 Å². The first-order valence-electron chi connectivity index (χ1n) is 7.58. The molecule has 20 heavy (non-hydrogen) atoms. The topological polar surface area (TPSA) is 52.3 Å². The van der Waals surface area contributed by atoms with Crippen LogP contribution in [0.2, 0.25) is 0 Å². The Morgan fingerprint density at radius 3 is 2.95 bits per heavy atom. The van der Waals surface area contributed by atoms with Gasteiger partial charge in [-0.3, -0.25) is 4.79 Å². The number of carbonyl (C=O) groups is 1. The van der Waals surface area contributed by atoms with Gasteiger partial charge < -0.3 is 10.5 Å². The van der Waals surface area contributed by atoms with Gasteiger partial charge in [0.15, 0.2) is 0 Å². The average molecular weight is 273 g/mol. The molecule has 1 unspecified atom stereocenters. The van der Waals surface area contributed by atoms with Crippen molar-refractivity contribution in [2.75, 3.05) is 0 Å². The van der Waals surface area contributed by atoms with E-state index in [0.29, 0.717) is 11.7 Å². The Bertz CT molecular complexity index is 540. The van der Waals surface area contributed by atoms with Crippen LogP contribution in [-0.4, -0.2) is 12.0 Å². The second kappa shape index (κ2) is 4.88. The number of carbonyl (C=O) groups excluding carboxylic acids is 1. The number of hydrogen-bond acceptors (Lipinski definition) is 3. The maximum atomic E-state index is 11.1. The molecule has 3 atom stereocenters. The number of hydrogen-bond donors (Lipinski definition) is 1. The fraction of sp³-hybridized carbons (Fsp3) is 0.588. The zero-order valence-corrected chi connectivity index (χ0v) is 12.3. The maximum absolute atomic E-state index is 11.1. The minimum atomic E-state index is -0.269. The van der Waals surface area contributed by atoms with Gasteiger partial charge in [0.25, 0.3) is 0 Å². The summed E-state index contributed by atoms with van der Waals surface area (Å²) >= 11 is 0. The summed E-state index contributed by atoms with van der Waals surface area (Å²) in [7, 11) is 0. The Balaban J connectivity index is 2.06. The number of benzene rings is 1. The van der Waals surface area contributed by atoms with Crippen LogP contribution in [0.4, 0.5) is 0 Å². The quantitative estimate of drug-likeness (QED) is 0.632. The smallest absolute Gasteiger partial charge is 0.308 e. The van der Waals surface area contributed by atoms with E-state index in [1.165, 1.54) is 37.3 Å². The van der Waals surface area contributed by atoms with E-state index >= 15 is 0 Å². The van der Waals surface area contributed by atoms with Gasteiger partial charge in [-0.2, -0.15) is 0 Å². The highest BCUT2D eigenvalue weighted by molar-refractivity contribution is 5.69. The highest BCUT2D eigenvalue weighted by atomic mass is 16.5. The molecule has 1 fully saturated rings. The molecule has 1 aromatic rings. The van der Waals surface area contributed by atoms with Crippen molar-refractivity contribution in [1.29, 1.82) is 0 Å². The van der Waals surface area contributed by atoms with Gasteiger partial charge in [-0.1, -0.05) is 25.8 Å². The van der Waals surface area contributed by atoms with Crippen LogP contribution in [0.5, 0.6) is 5.75 Å². The summed E-state index contributed by atoms with van der Waals surface area (Å²) < 4.78 is 5.25. The van der Waals surface area contributed by atoms with E-state index in [-0.39, 0.29) is 17.4 Å². The first kappa shape index (κ1) is 13.6. The minimum Gasteiger partial charge on any atom is -0.427 e. The van der Waals surface area contributed by atoms with Gasteiger partial charge in [-0.15, -0.1) is 0 Å². The van der Waals surface area contributed by atoms with E-state index in [4.69, 9.17) is 10.5 Å². The molecule has 0 spiro atoms. The molecule has 3 nitrogen and oxygen atoms in total. The molecule has 0 radical (unpaired) electrons. The molecule has 3 heteroatoms. The zero-order chi connectivity index (χ0) is 14.3. The number of ether oxygens (including phenoxy) is 1. The van der Waals surface area contributed by atoms with Crippen LogP contribution in [0.25, 0.3) is 0 Å². The predicted molar refractivity (Wildman–Crippen MR) is 78.7 cm³/mol. The van der Waals surface area contributed by atoms with E-state index < -0.39 is 0 Å². The van der Waals surface area contributed by atoms with Gasteiger partial charge in [0.05, 0.1) is 0 Å². The molecule has 0 heterocycles. The van der Waals surface area contributed by atoms with Crippen LogP contribution < -0.4 is 10.5 Å². The molecule has 0 amide bonds. The third-order valence-corrected chi connectivity index (χ3v) is 5.20. The summed E-state index contributed by atoms with van der Waals surface area (Å²) in [6.45, 7) is 3.72. The second-order valence-electron chi connectivity index (χ2n) is 6.57. The van der Waals surface area contributed by atoms with E-state index in [1.54, 1.807) is 0 Å². The lowest BCUT2D eigenvalue weighted by Gasteiger charge is -2.44. The highest BCUT2D eigenvalue weighted by Gasteiger charge is 2.44. The monoisotopic (exact) mass is 273 g/mol. The van der Waals surface area contributed by atoms with Crippen LogP contribution in [0.1, 0.15) is 50.7 Å². The molecule has 2 bridgehead atoms. The van der Waals surface area contributed by atoms with Crippen LogP contribution in [0.3, 0.4) is 0 Å². The van der Waals surface area contributed by atoms with Gasteiger partial charge in [0.2, 0.25) is 0 Å². The Morgan fingerprint density at radius 2 is 2.20 bits per heavy atom. The van der Waals surface area contributed by atoms with E-state index in [9.17, 15) is 4.79 Å². The van der Waals surface area contributed by atoms with Crippen molar-refractivity contribution in [3.8, 4) is 5.75 Å². The Kier molecular flexibility index (Phi) is 3.33. The van der Waals surface area contributed by atoms with E-state index in [0.717, 1.165) is 12.8 Å². The van der Waals surface area contributed by atoms with Crippen molar-refractivity contribution in [2.45, 2.75) is 57.4 Å². The van der Waals surface area contributed by atoms with Gasteiger partial charge in [0.1, 0.15) is 5.75 Å². The Hall–Kier alpha value is -1.35. The van der Waals surface area contributed by atoms with Crippen molar-refractivity contribution in [2.24, 2.45) is 11.7 Å². The van der Waals surface area contributed by atoms with Crippen LogP contribution in [0, 0.1) is 5.92 Å². The van der Waals surface area contributed by atoms with Crippen molar-refractivity contribution in [3.05, 3.63) is 29.3 Å². The summed E-state index contributed by atoms with van der Waals surface area (Å²) in [6.07, 6.45) is 5.94. The number of esters is 1. The highest BCUT2D eigenvalue weighted by Crippen LogP contribution is 2.47. The lowest BCUT2D eigenvalue weighted by atomic mass is 9.63. The lowest BCUT2D eigenvalue weighted by molar-refractivity contribution is -0.131. The van der Waals surface area contributed by atoms with E-state index in [2.05, 4.69) is 13.0 Å². The largest absolute Gasteiger partial charge is 0.427 e. The number of rotatable bonds is 1. The summed E-state index contributed by atoms with van der Waals surface area (Å²) in [5.74, 6) is 0.968. The molecular weight excluding hydrogens is 250 g/mol. The minimum absolute atomic E-state index is 0.0188. The molecule has 2 N–H and O–H groups in total. The van der Waals surface area contributed by atoms with Crippen molar-refractivity contribution in [3.63, 3.8) is 0 Å². The summed E-state index contributed by atoms with van der Waals surface area (Å²) in [4.78, 5) is 11.1. The summed E-state index contributed by atoms with van der Waals surface area (Å²) in [5, 5.41) is 0. The van der Waals surface area contributed by atoms with Crippen molar-refractivity contribution in [1.82, 2.24) is 0 Å². The summed E-state index contributed by atoms with van der Waals surface area (Å²) in [5.41, 5.74) is 9.28. The fourth-order valence-electron chi connectivity index (χ4n) is 4.09. The van der Waals surface area contributed by atoms with Crippen LogP contribution >= 0.6 is 0 Å². The normalized spacial score (nSPS) is 32.1. The molecule has 108 valence electrons. The Morgan fingerprint density at radius 1 is 1.40 bits per heavy atom. The molecular formula is C17H23NO2. The Labute approximate surface area is 120 Å². The van der Waals surface area contributed by atoms with Crippen LogP contribution in [-0.2, 0) is 16.6 Å². The van der Waals surface area contributed by atoms with E-state index in [1.807, 2.05) is 12.1 Å². The van der Waals surface area contributed by atoms with Gasteiger partial charge >= 0.3 is 5.97 Å². The molecule has 1 saturated carbocycles. The predicted octanol–water partition coefficient (Wildman–Crippen LogP) is 2.94. The number of fused-ring (bicyclic) bond motifs is 4. The molecule has 1 aromatic carbocycles. The SMILES string of the molecule is CC(=O)Oc1ccc2c(c1)[C@@]1(C)CCCCC(C2)[C@@H]1N. The standard InChI is InChI=1S/C17H23NO2/c1-11(19)20-14-7-6-12-9-13-5-3-4-8-17(2,16(13)18)15(12)10-14/h6-7,10,13,16H,3-5,8-9,18H2,1-2H3/t13?,16-,17+/m0/s1. The third-order valence-electron chi connectivity index (χ3n) is 5.20. The second-order valence-corrected chi connectivity index (χ2v) is 6.57. The lowest BCUT2D eigenvalue weighted by Crippen LogP contribution is -2.51. The van der Waals surface area contributed by atoms with Crippen molar-refractivity contribution < 1.29 is 9.53 Å². The molecule has 2 aliphatic rings. The fourth-order valence-corrected chi connectivity index (χ4v) is 4.09. The number of nitrogens with two attached hydrogens (primary N) is 1. The van der Waals surface area contributed by atoms with Gasteiger partial charge in [-0.25, -0.2) is 0 Å². The maximum Gasteiger partial charge on any atom is 0.308 e. The first-order chi connectivity index (χ1) is 9.50. The average Bonchev–Trinajstić information content (AvgIpc) is 2.49. The molecule has 0 aromatic heterocycles. The third kappa shape index (κ3) is 2.14. The molecule has 3 rings (SSSR count). The van der Waals surface area contributed by atoms with Crippen LogP contribution in [0.15, 0.2) is 18.2 Å². The van der Waals surface area contributed by atoms with Gasteiger partial charge in [0, 0.05) is 18.4 Å². The zero-order valence-electron chi connectivity index (χ0n) is 12.3. The molecule has 2 aliphatic carbocycles. The first-order valence-corrected chi connectivity index (χ1v) is 7.58. The summed E-state index contributed by atoms with van der Waals surface area (Å²) in [6, 6.07) is 6.28. The molecule has 0 aliphatic heterocycles. The molecule has 0 saturated heterocycles.